The summed E-state index contributed by atoms with van der Waals surface area (Å²) in [6, 6.07) is 17.6. The molecule has 2 aromatic heterocycles. The number of aryl methyl sites for hydroxylation is 1. The molecule has 1 aliphatic heterocycles. The minimum absolute atomic E-state index is 1.03. The molecular weight excluding hydrogens is 306 g/mol. The SMILES string of the molecule is Cc1ccc2c(c1)c1c(n2-c2ccc3ncccc3c2)CCN(C)C1. The van der Waals surface area contributed by atoms with Gasteiger partial charge < -0.3 is 9.47 Å². The van der Waals surface area contributed by atoms with Crippen LogP contribution in [0.5, 0.6) is 0 Å². The van der Waals surface area contributed by atoms with Gasteiger partial charge in [-0.2, -0.15) is 0 Å². The van der Waals surface area contributed by atoms with Gasteiger partial charge in [-0.15, -0.1) is 0 Å². The summed E-state index contributed by atoms with van der Waals surface area (Å²) >= 11 is 0. The Morgan fingerprint density at radius 1 is 1.04 bits per heavy atom. The molecule has 0 aliphatic carbocycles. The summed E-state index contributed by atoms with van der Waals surface area (Å²) in [6.07, 6.45) is 2.94. The Balaban J connectivity index is 1.82. The van der Waals surface area contributed by atoms with Crippen LogP contribution in [-0.2, 0) is 13.0 Å². The molecule has 25 heavy (non-hydrogen) atoms. The average molecular weight is 327 g/mol. The van der Waals surface area contributed by atoms with Crippen LogP contribution >= 0.6 is 0 Å². The number of pyridine rings is 1. The Hall–Kier alpha value is -2.65. The zero-order chi connectivity index (χ0) is 17.0. The second kappa shape index (κ2) is 5.43. The summed E-state index contributed by atoms with van der Waals surface area (Å²) in [5.41, 5.74) is 7.87. The molecule has 0 atom stereocenters. The van der Waals surface area contributed by atoms with Gasteiger partial charge in [-0.3, -0.25) is 4.98 Å². The third kappa shape index (κ3) is 2.27. The largest absolute Gasteiger partial charge is 0.313 e. The first-order valence-corrected chi connectivity index (χ1v) is 8.87. The third-order valence-corrected chi connectivity index (χ3v) is 5.34. The predicted octanol–water partition coefficient (Wildman–Crippen LogP) is 4.48. The molecule has 124 valence electrons. The summed E-state index contributed by atoms with van der Waals surface area (Å²) in [7, 11) is 2.21. The highest BCUT2D eigenvalue weighted by Crippen LogP contribution is 2.34. The monoisotopic (exact) mass is 327 g/mol. The van der Waals surface area contributed by atoms with E-state index in [2.05, 4.69) is 70.9 Å². The van der Waals surface area contributed by atoms with Crippen LogP contribution in [0.1, 0.15) is 16.8 Å². The maximum absolute atomic E-state index is 4.46. The first kappa shape index (κ1) is 14.7. The Morgan fingerprint density at radius 2 is 1.96 bits per heavy atom. The standard InChI is InChI=1S/C22H21N3/c1-15-5-8-21-18(12-15)19-14-24(2)11-9-22(19)25(21)17-6-7-20-16(13-17)4-3-10-23-20/h3-8,10,12-13H,9,11,14H2,1-2H3. The van der Waals surface area contributed by atoms with Gasteiger partial charge in [0.15, 0.2) is 0 Å². The molecule has 1 aliphatic rings. The predicted molar refractivity (Wildman–Crippen MR) is 103 cm³/mol. The molecule has 4 aromatic rings. The minimum Gasteiger partial charge on any atom is -0.313 e. The highest BCUT2D eigenvalue weighted by atomic mass is 15.1. The lowest BCUT2D eigenvalue weighted by Crippen LogP contribution is -2.27. The quantitative estimate of drug-likeness (QED) is 0.514. The molecule has 0 fully saturated rings. The Bertz CT molecular complexity index is 1110. The van der Waals surface area contributed by atoms with Crippen molar-refractivity contribution in [2.45, 2.75) is 19.9 Å². The van der Waals surface area contributed by atoms with Crippen LogP contribution in [0, 0.1) is 6.92 Å². The van der Waals surface area contributed by atoms with Gasteiger partial charge in [0, 0.05) is 47.9 Å². The van der Waals surface area contributed by atoms with Crippen molar-refractivity contribution < 1.29 is 0 Å². The molecule has 0 saturated heterocycles. The maximum Gasteiger partial charge on any atom is 0.0703 e. The number of aromatic nitrogens is 2. The van der Waals surface area contributed by atoms with Crippen molar-refractivity contribution in [3.05, 3.63) is 71.5 Å². The topological polar surface area (TPSA) is 21.1 Å². The molecule has 3 heteroatoms. The molecule has 0 saturated carbocycles. The van der Waals surface area contributed by atoms with E-state index in [1.165, 1.54) is 38.8 Å². The van der Waals surface area contributed by atoms with E-state index in [4.69, 9.17) is 0 Å². The molecule has 0 spiro atoms. The van der Waals surface area contributed by atoms with Crippen molar-refractivity contribution in [1.82, 2.24) is 14.5 Å². The van der Waals surface area contributed by atoms with E-state index in [-0.39, 0.29) is 0 Å². The van der Waals surface area contributed by atoms with E-state index in [9.17, 15) is 0 Å². The fraction of sp³-hybridized carbons (Fsp3) is 0.227. The van der Waals surface area contributed by atoms with E-state index in [1.807, 2.05) is 12.3 Å². The Morgan fingerprint density at radius 3 is 2.88 bits per heavy atom. The Kier molecular flexibility index (Phi) is 3.19. The van der Waals surface area contributed by atoms with Crippen molar-refractivity contribution in [3.63, 3.8) is 0 Å². The molecule has 0 amide bonds. The fourth-order valence-electron chi connectivity index (χ4n) is 4.10. The zero-order valence-electron chi connectivity index (χ0n) is 14.7. The second-order valence-corrected chi connectivity index (χ2v) is 7.15. The van der Waals surface area contributed by atoms with E-state index in [0.29, 0.717) is 0 Å². The summed E-state index contributed by atoms with van der Waals surface area (Å²) in [4.78, 5) is 6.87. The number of benzene rings is 2. The summed E-state index contributed by atoms with van der Waals surface area (Å²) < 4.78 is 2.46. The van der Waals surface area contributed by atoms with Crippen LogP contribution in [-0.4, -0.2) is 28.0 Å². The molecule has 2 aromatic carbocycles. The normalized spacial score (nSPS) is 15.0. The lowest BCUT2D eigenvalue weighted by Gasteiger charge is -2.24. The van der Waals surface area contributed by atoms with Crippen molar-refractivity contribution in [3.8, 4) is 5.69 Å². The van der Waals surface area contributed by atoms with Crippen LogP contribution in [0.3, 0.4) is 0 Å². The number of hydrogen-bond acceptors (Lipinski definition) is 2. The average Bonchev–Trinajstić information content (AvgIpc) is 2.94. The lowest BCUT2D eigenvalue weighted by atomic mass is 10.0. The van der Waals surface area contributed by atoms with Gasteiger partial charge in [0.05, 0.1) is 11.0 Å². The van der Waals surface area contributed by atoms with E-state index < -0.39 is 0 Å². The number of fused-ring (bicyclic) bond motifs is 4. The van der Waals surface area contributed by atoms with E-state index >= 15 is 0 Å². The highest BCUT2D eigenvalue weighted by Gasteiger charge is 2.23. The van der Waals surface area contributed by atoms with Crippen LogP contribution in [0.2, 0.25) is 0 Å². The minimum atomic E-state index is 1.03. The fourth-order valence-corrected chi connectivity index (χ4v) is 4.10. The molecule has 3 heterocycles. The zero-order valence-corrected chi connectivity index (χ0v) is 14.7. The second-order valence-electron chi connectivity index (χ2n) is 7.15. The first-order chi connectivity index (χ1) is 12.2. The summed E-state index contributed by atoms with van der Waals surface area (Å²) in [5.74, 6) is 0. The number of rotatable bonds is 1. The lowest BCUT2D eigenvalue weighted by molar-refractivity contribution is 0.311. The summed E-state index contributed by atoms with van der Waals surface area (Å²) in [5, 5.41) is 2.59. The van der Waals surface area contributed by atoms with Crippen molar-refractivity contribution in [2.75, 3.05) is 13.6 Å². The van der Waals surface area contributed by atoms with Crippen LogP contribution in [0.25, 0.3) is 27.5 Å². The van der Waals surface area contributed by atoms with Crippen LogP contribution < -0.4 is 0 Å². The molecule has 0 unspecified atom stereocenters. The number of nitrogens with zero attached hydrogens (tertiary/aromatic N) is 3. The van der Waals surface area contributed by atoms with Crippen LogP contribution in [0.15, 0.2) is 54.7 Å². The van der Waals surface area contributed by atoms with Crippen molar-refractivity contribution in [1.29, 1.82) is 0 Å². The molecule has 0 bridgehead atoms. The molecule has 0 N–H and O–H groups in total. The van der Waals surface area contributed by atoms with E-state index in [1.54, 1.807) is 0 Å². The van der Waals surface area contributed by atoms with Gasteiger partial charge in [-0.05, 0) is 55.9 Å². The molecule has 5 rings (SSSR count). The van der Waals surface area contributed by atoms with Gasteiger partial charge in [0.25, 0.3) is 0 Å². The van der Waals surface area contributed by atoms with Crippen molar-refractivity contribution >= 4 is 21.8 Å². The number of likely N-dealkylation sites (N-methyl/N-ethyl adjacent to an activating group) is 1. The smallest absolute Gasteiger partial charge is 0.0703 e. The van der Waals surface area contributed by atoms with Gasteiger partial charge >= 0.3 is 0 Å². The van der Waals surface area contributed by atoms with Gasteiger partial charge in [0.2, 0.25) is 0 Å². The third-order valence-electron chi connectivity index (χ3n) is 5.34. The van der Waals surface area contributed by atoms with Crippen molar-refractivity contribution in [2.24, 2.45) is 0 Å². The molecule has 3 nitrogen and oxygen atoms in total. The number of hydrogen-bond donors (Lipinski definition) is 0. The van der Waals surface area contributed by atoms with Gasteiger partial charge in [-0.1, -0.05) is 17.7 Å². The van der Waals surface area contributed by atoms with Crippen LogP contribution in [0.4, 0.5) is 0 Å². The highest BCUT2D eigenvalue weighted by molar-refractivity contribution is 5.89. The Labute approximate surface area is 147 Å². The maximum atomic E-state index is 4.46. The van der Waals surface area contributed by atoms with E-state index in [0.717, 1.165) is 25.0 Å². The molecular formula is C22H21N3. The van der Waals surface area contributed by atoms with Gasteiger partial charge in [0.1, 0.15) is 0 Å². The summed E-state index contributed by atoms with van der Waals surface area (Å²) in [6.45, 7) is 4.31. The van der Waals surface area contributed by atoms with Gasteiger partial charge in [-0.25, -0.2) is 0 Å². The first-order valence-electron chi connectivity index (χ1n) is 8.87. The molecule has 0 radical (unpaired) electrons.